The largest absolute Gasteiger partial charge is 0.508 e. The van der Waals surface area contributed by atoms with E-state index < -0.39 is 24.6 Å². The highest BCUT2D eigenvalue weighted by Gasteiger charge is 2.37. The first-order valence-corrected chi connectivity index (χ1v) is 5.68. The van der Waals surface area contributed by atoms with Crippen LogP contribution in [-0.2, 0) is 9.47 Å². The van der Waals surface area contributed by atoms with Crippen molar-refractivity contribution in [1.29, 1.82) is 0 Å². The Morgan fingerprint density at radius 1 is 1.65 bits per heavy atom. The Kier molecular flexibility index (Phi) is 3.61. The summed E-state index contributed by atoms with van der Waals surface area (Å²) in [4.78, 5) is 23.3. The van der Waals surface area contributed by atoms with Crippen LogP contribution in [0.15, 0.2) is 28.6 Å². The van der Waals surface area contributed by atoms with Gasteiger partial charge in [-0.15, -0.1) is 0 Å². The summed E-state index contributed by atoms with van der Waals surface area (Å²) in [5.41, 5.74) is 6.85. The van der Waals surface area contributed by atoms with E-state index in [1.165, 1.54) is 4.90 Å². The molecule has 2 unspecified atom stereocenters. The Balaban J connectivity index is 2.24. The highest BCUT2D eigenvalue weighted by Crippen LogP contribution is 2.25. The molecule has 20 heavy (non-hydrogen) atoms. The van der Waals surface area contributed by atoms with E-state index >= 15 is 0 Å². The van der Waals surface area contributed by atoms with Gasteiger partial charge < -0.3 is 25.5 Å². The maximum atomic E-state index is 11.7. The van der Waals surface area contributed by atoms with E-state index in [0.717, 1.165) is 0 Å². The minimum absolute atomic E-state index is 0.0872. The predicted molar refractivity (Wildman–Crippen MR) is 65.1 cm³/mol. The second kappa shape index (κ2) is 5.21. The van der Waals surface area contributed by atoms with Crippen LogP contribution in [0.3, 0.4) is 0 Å². The smallest absolute Gasteiger partial charge is 0.450 e. The third-order valence-electron chi connectivity index (χ3n) is 2.96. The van der Waals surface area contributed by atoms with Crippen molar-refractivity contribution in [3.63, 3.8) is 0 Å². The standard InChI is InChI=1S/C11H13N3O6/c1-5-7(3-2-6(12)9(5)13-18)14-4-8(19-10(14)15)20-11(16)17/h2-3,6,8,18H,4,12H2,1H3,(H,16,17). The quantitative estimate of drug-likeness (QED) is 0.380. The molecular weight excluding hydrogens is 270 g/mol. The lowest BCUT2D eigenvalue weighted by atomic mass is 9.97. The molecule has 2 atom stereocenters. The SMILES string of the molecule is CC1=C(N2CC(OC(=O)O)OC2=O)C=CC(N)C1=NO. The highest BCUT2D eigenvalue weighted by molar-refractivity contribution is 6.06. The second-order valence-corrected chi connectivity index (χ2v) is 4.19. The van der Waals surface area contributed by atoms with E-state index in [4.69, 9.17) is 20.8 Å². The van der Waals surface area contributed by atoms with Crippen molar-refractivity contribution in [3.8, 4) is 0 Å². The van der Waals surface area contributed by atoms with Gasteiger partial charge in [0.25, 0.3) is 6.29 Å². The number of carbonyl (C=O) groups excluding carboxylic acids is 1. The van der Waals surface area contributed by atoms with E-state index in [1.54, 1.807) is 19.1 Å². The third-order valence-corrected chi connectivity index (χ3v) is 2.96. The maximum Gasteiger partial charge on any atom is 0.508 e. The lowest BCUT2D eigenvalue weighted by molar-refractivity contribution is -0.0496. The summed E-state index contributed by atoms with van der Waals surface area (Å²) in [6, 6.07) is -0.576. The van der Waals surface area contributed by atoms with Crippen molar-refractivity contribution in [1.82, 2.24) is 4.90 Å². The van der Waals surface area contributed by atoms with Crippen LogP contribution in [0.1, 0.15) is 6.92 Å². The number of rotatable bonds is 2. The van der Waals surface area contributed by atoms with Crippen molar-refractivity contribution in [3.05, 3.63) is 23.4 Å². The van der Waals surface area contributed by atoms with Gasteiger partial charge in [0.05, 0.1) is 11.7 Å². The average molecular weight is 283 g/mol. The molecule has 2 rings (SSSR count). The van der Waals surface area contributed by atoms with Crippen LogP contribution in [0.25, 0.3) is 0 Å². The number of nitrogens with two attached hydrogens (primary N) is 1. The predicted octanol–water partition coefficient (Wildman–Crippen LogP) is 0.461. The van der Waals surface area contributed by atoms with Gasteiger partial charge in [-0.1, -0.05) is 11.2 Å². The molecule has 1 heterocycles. The molecule has 0 aromatic heterocycles. The van der Waals surface area contributed by atoms with Crippen LogP contribution < -0.4 is 5.73 Å². The summed E-state index contributed by atoms with van der Waals surface area (Å²) >= 11 is 0. The van der Waals surface area contributed by atoms with Crippen LogP contribution in [0.2, 0.25) is 0 Å². The van der Waals surface area contributed by atoms with Crippen molar-refractivity contribution < 1.29 is 29.4 Å². The fourth-order valence-corrected chi connectivity index (χ4v) is 2.03. The van der Waals surface area contributed by atoms with E-state index in [1.807, 2.05) is 0 Å². The third kappa shape index (κ3) is 2.43. The normalized spacial score (nSPS) is 28.0. The average Bonchev–Trinajstić information content (AvgIpc) is 2.70. The molecule has 0 bridgehead atoms. The van der Waals surface area contributed by atoms with Crippen LogP contribution in [0, 0.1) is 0 Å². The number of allylic oxidation sites excluding steroid dienone is 1. The Hall–Kier alpha value is -2.55. The van der Waals surface area contributed by atoms with Gasteiger partial charge in [0.2, 0.25) is 0 Å². The van der Waals surface area contributed by atoms with Gasteiger partial charge in [-0.25, -0.2) is 9.59 Å². The molecule has 0 radical (unpaired) electrons. The molecule has 9 heteroatoms. The first-order chi connectivity index (χ1) is 9.43. The molecule has 0 saturated carbocycles. The fraction of sp³-hybridized carbons (Fsp3) is 0.364. The first kappa shape index (κ1) is 13.9. The van der Waals surface area contributed by atoms with Gasteiger partial charge in [0, 0.05) is 0 Å². The van der Waals surface area contributed by atoms with Crippen molar-refractivity contribution in [2.45, 2.75) is 19.3 Å². The van der Waals surface area contributed by atoms with Gasteiger partial charge in [0.1, 0.15) is 12.3 Å². The van der Waals surface area contributed by atoms with E-state index in [-0.39, 0.29) is 12.3 Å². The molecule has 1 amide bonds. The zero-order chi connectivity index (χ0) is 14.9. The maximum absolute atomic E-state index is 11.7. The van der Waals surface area contributed by atoms with Crippen LogP contribution in [0.5, 0.6) is 0 Å². The number of nitrogens with zero attached hydrogens (tertiary/aromatic N) is 2. The van der Waals surface area contributed by atoms with Gasteiger partial charge in [-0.3, -0.25) is 4.90 Å². The van der Waals surface area contributed by atoms with E-state index in [9.17, 15) is 9.59 Å². The molecule has 1 aliphatic carbocycles. The van der Waals surface area contributed by atoms with Crippen LogP contribution in [-0.4, -0.2) is 52.1 Å². The molecule has 1 fully saturated rings. The number of carboxylic acid groups (broad SMARTS) is 1. The molecule has 108 valence electrons. The molecule has 9 nitrogen and oxygen atoms in total. The molecule has 0 aromatic carbocycles. The number of carbonyl (C=O) groups is 2. The number of hydrogen-bond acceptors (Lipinski definition) is 7. The van der Waals surface area contributed by atoms with Crippen molar-refractivity contribution >= 4 is 18.0 Å². The van der Waals surface area contributed by atoms with Gasteiger partial charge in [-0.2, -0.15) is 0 Å². The van der Waals surface area contributed by atoms with E-state index in [0.29, 0.717) is 11.3 Å². The lowest BCUT2D eigenvalue weighted by Gasteiger charge is -2.23. The Morgan fingerprint density at radius 3 is 2.95 bits per heavy atom. The molecule has 1 saturated heterocycles. The zero-order valence-electron chi connectivity index (χ0n) is 10.5. The summed E-state index contributed by atoms with van der Waals surface area (Å²) in [6.07, 6.45) is -0.342. The monoisotopic (exact) mass is 283 g/mol. The summed E-state index contributed by atoms with van der Waals surface area (Å²) in [7, 11) is 0. The number of oxime groups is 1. The minimum atomic E-state index is -1.53. The summed E-state index contributed by atoms with van der Waals surface area (Å²) in [5.74, 6) is 0. The number of amides is 1. The zero-order valence-corrected chi connectivity index (χ0v) is 10.5. The van der Waals surface area contributed by atoms with Crippen molar-refractivity contribution in [2.75, 3.05) is 6.54 Å². The van der Waals surface area contributed by atoms with Crippen LogP contribution in [0.4, 0.5) is 9.59 Å². The molecule has 0 aromatic rings. The van der Waals surface area contributed by atoms with Gasteiger partial charge in [0.15, 0.2) is 0 Å². The lowest BCUT2D eigenvalue weighted by Crippen LogP contribution is -2.36. The topological polar surface area (TPSA) is 135 Å². The Labute approximate surface area is 113 Å². The number of cyclic esters (lactones) is 1. The number of hydrogen-bond donors (Lipinski definition) is 3. The molecular formula is C11H13N3O6. The summed E-state index contributed by atoms with van der Waals surface area (Å²) in [5, 5.41) is 20.5. The molecule has 1 aliphatic heterocycles. The molecule has 2 aliphatic rings. The number of ether oxygens (including phenoxy) is 2. The Bertz CT molecular complexity index is 538. The fourth-order valence-electron chi connectivity index (χ4n) is 2.03. The van der Waals surface area contributed by atoms with Gasteiger partial charge >= 0.3 is 12.2 Å². The van der Waals surface area contributed by atoms with Crippen molar-refractivity contribution in [2.24, 2.45) is 10.9 Å². The van der Waals surface area contributed by atoms with Crippen LogP contribution >= 0.6 is 0 Å². The minimum Gasteiger partial charge on any atom is -0.450 e. The molecule has 4 N–H and O–H groups in total. The van der Waals surface area contributed by atoms with Gasteiger partial charge in [-0.05, 0) is 18.6 Å². The summed E-state index contributed by atoms with van der Waals surface area (Å²) in [6.45, 7) is 1.54. The van der Waals surface area contributed by atoms with E-state index in [2.05, 4.69) is 9.89 Å². The first-order valence-electron chi connectivity index (χ1n) is 5.68. The summed E-state index contributed by atoms with van der Waals surface area (Å²) < 4.78 is 9.16. The second-order valence-electron chi connectivity index (χ2n) is 4.19. The molecule has 0 spiro atoms. The Morgan fingerprint density at radius 2 is 2.35 bits per heavy atom. The highest BCUT2D eigenvalue weighted by atomic mass is 16.8.